The van der Waals surface area contributed by atoms with Crippen molar-refractivity contribution in [2.45, 2.75) is 12.7 Å². The Morgan fingerprint density at radius 3 is 2.67 bits per heavy atom. The van der Waals surface area contributed by atoms with Gasteiger partial charge in [-0.1, -0.05) is 11.6 Å². The third-order valence-corrected chi connectivity index (χ3v) is 2.87. The molecule has 0 aliphatic heterocycles. The summed E-state index contributed by atoms with van der Waals surface area (Å²) in [6.45, 7) is -1.71. The molecule has 2 rings (SSSR count). The molecular formula is C13H10ClF3N2O2. The van der Waals surface area contributed by atoms with E-state index in [2.05, 4.69) is 4.98 Å². The zero-order valence-electron chi connectivity index (χ0n) is 10.6. The molecule has 0 radical (unpaired) electrons. The van der Waals surface area contributed by atoms with E-state index in [4.69, 9.17) is 16.0 Å². The van der Waals surface area contributed by atoms with Crippen LogP contribution in [0.3, 0.4) is 0 Å². The molecule has 0 aliphatic rings. The van der Waals surface area contributed by atoms with Crippen LogP contribution < -0.4 is 0 Å². The molecule has 2 aromatic rings. The van der Waals surface area contributed by atoms with Crippen LogP contribution in [0, 0.1) is 0 Å². The van der Waals surface area contributed by atoms with Gasteiger partial charge in [0.25, 0.3) is 5.91 Å². The van der Waals surface area contributed by atoms with E-state index in [-0.39, 0.29) is 23.0 Å². The zero-order chi connectivity index (χ0) is 15.5. The number of pyridine rings is 1. The predicted octanol–water partition coefficient (Wildman–Crippen LogP) is 3.53. The molecule has 4 nitrogen and oxygen atoms in total. The largest absolute Gasteiger partial charge is 0.467 e. The second kappa shape index (κ2) is 6.17. The second-order valence-electron chi connectivity index (χ2n) is 4.20. The minimum atomic E-state index is -4.53. The smallest absolute Gasteiger partial charge is 0.406 e. The van der Waals surface area contributed by atoms with Gasteiger partial charge in [0.1, 0.15) is 17.5 Å². The third kappa shape index (κ3) is 4.22. The lowest BCUT2D eigenvalue weighted by Crippen LogP contribution is -2.38. The van der Waals surface area contributed by atoms with Crippen molar-refractivity contribution < 1.29 is 22.4 Å². The van der Waals surface area contributed by atoms with Crippen LogP contribution in [0.2, 0.25) is 5.15 Å². The number of aromatic nitrogens is 1. The standard InChI is InChI=1S/C13H10ClF3N2O2/c14-11-10(4-1-5-18-11)12(20)19(8-13(15,16)17)7-9-3-2-6-21-9/h1-6H,7-8H2. The molecule has 2 aromatic heterocycles. The van der Waals surface area contributed by atoms with Gasteiger partial charge >= 0.3 is 6.18 Å². The first-order valence-electron chi connectivity index (χ1n) is 5.86. The number of hydrogen-bond donors (Lipinski definition) is 0. The van der Waals surface area contributed by atoms with Crippen molar-refractivity contribution in [2.24, 2.45) is 0 Å². The van der Waals surface area contributed by atoms with E-state index in [0.29, 0.717) is 4.90 Å². The van der Waals surface area contributed by atoms with Crippen molar-refractivity contribution in [3.8, 4) is 0 Å². The van der Waals surface area contributed by atoms with E-state index < -0.39 is 18.6 Å². The first-order valence-corrected chi connectivity index (χ1v) is 6.23. The highest BCUT2D eigenvalue weighted by atomic mass is 35.5. The number of carbonyl (C=O) groups is 1. The van der Waals surface area contributed by atoms with Gasteiger partial charge in [0.2, 0.25) is 0 Å². The topological polar surface area (TPSA) is 46.3 Å². The Hall–Kier alpha value is -2.02. The van der Waals surface area contributed by atoms with Gasteiger partial charge in [-0.15, -0.1) is 0 Å². The van der Waals surface area contributed by atoms with Crippen LogP contribution in [-0.2, 0) is 6.54 Å². The maximum atomic E-state index is 12.6. The molecular weight excluding hydrogens is 309 g/mol. The zero-order valence-corrected chi connectivity index (χ0v) is 11.4. The molecule has 1 amide bonds. The van der Waals surface area contributed by atoms with E-state index in [9.17, 15) is 18.0 Å². The summed E-state index contributed by atoms with van der Waals surface area (Å²) in [4.78, 5) is 16.5. The Balaban J connectivity index is 2.26. The average molecular weight is 319 g/mol. The number of carbonyl (C=O) groups excluding carboxylic acids is 1. The Bertz CT molecular complexity index is 614. The molecule has 0 bridgehead atoms. The van der Waals surface area contributed by atoms with Crippen molar-refractivity contribution in [2.75, 3.05) is 6.54 Å². The van der Waals surface area contributed by atoms with E-state index in [1.807, 2.05) is 0 Å². The Labute approximate surface area is 123 Å². The molecule has 0 aromatic carbocycles. The molecule has 2 heterocycles. The maximum Gasteiger partial charge on any atom is 0.406 e. The number of furan rings is 1. The highest BCUT2D eigenvalue weighted by molar-refractivity contribution is 6.32. The van der Waals surface area contributed by atoms with Crippen molar-refractivity contribution in [3.05, 3.63) is 53.2 Å². The molecule has 0 spiro atoms. The Morgan fingerprint density at radius 2 is 2.10 bits per heavy atom. The highest BCUT2D eigenvalue weighted by Gasteiger charge is 2.34. The summed E-state index contributed by atoms with van der Waals surface area (Å²) in [6.07, 6.45) is -1.86. The molecule has 21 heavy (non-hydrogen) atoms. The monoisotopic (exact) mass is 318 g/mol. The molecule has 0 saturated heterocycles. The minimum Gasteiger partial charge on any atom is -0.467 e. The Kier molecular flexibility index (Phi) is 4.52. The van der Waals surface area contributed by atoms with Gasteiger partial charge in [0.15, 0.2) is 0 Å². The van der Waals surface area contributed by atoms with E-state index in [1.54, 1.807) is 0 Å². The number of rotatable bonds is 4. The normalized spacial score (nSPS) is 11.4. The van der Waals surface area contributed by atoms with Crippen LogP contribution in [0.25, 0.3) is 0 Å². The van der Waals surface area contributed by atoms with Gasteiger partial charge in [-0.3, -0.25) is 4.79 Å². The van der Waals surface area contributed by atoms with Crippen molar-refractivity contribution in [1.82, 2.24) is 9.88 Å². The summed E-state index contributed by atoms with van der Waals surface area (Å²) in [5.74, 6) is -0.616. The molecule has 0 fully saturated rings. The quantitative estimate of drug-likeness (QED) is 0.810. The number of alkyl halides is 3. The number of halogens is 4. The SMILES string of the molecule is O=C(c1cccnc1Cl)N(Cc1ccco1)CC(F)(F)F. The average Bonchev–Trinajstić information content (AvgIpc) is 2.89. The summed E-state index contributed by atoms with van der Waals surface area (Å²) in [5.41, 5.74) is -0.0880. The van der Waals surface area contributed by atoms with Crippen molar-refractivity contribution >= 4 is 17.5 Å². The van der Waals surface area contributed by atoms with Crippen LogP contribution in [0.1, 0.15) is 16.1 Å². The summed E-state index contributed by atoms with van der Waals surface area (Å²) in [6, 6.07) is 5.77. The molecule has 0 saturated carbocycles. The lowest BCUT2D eigenvalue weighted by molar-refractivity contribution is -0.142. The fourth-order valence-electron chi connectivity index (χ4n) is 1.72. The van der Waals surface area contributed by atoms with Gasteiger partial charge < -0.3 is 9.32 Å². The number of hydrogen-bond acceptors (Lipinski definition) is 3. The van der Waals surface area contributed by atoms with Gasteiger partial charge in [0.05, 0.1) is 18.4 Å². The first kappa shape index (κ1) is 15.4. The van der Waals surface area contributed by atoms with Crippen LogP contribution in [0.4, 0.5) is 13.2 Å². The second-order valence-corrected chi connectivity index (χ2v) is 4.56. The fourth-order valence-corrected chi connectivity index (χ4v) is 1.92. The summed E-state index contributed by atoms with van der Waals surface area (Å²) in [5, 5.41) is -0.144. The first-order chi connectivity index (χ1) is 9.87. The molecule has 0 aliphatic carbocycles. The van der Waals surface area contributed by atoms with Crippen molar-refractivity contribution in [3.63, 3.8) is 0 Å². The summed E-state index contributed by atoms with van der Waals surface area (Å²) >= 11 is 5.75. The Morgan fingerprint density at radius 1 is 1.33 bits per heavy atom. The molecule has 0 atom stereocenters. The lowest BCUT2D eigenvalue weighted by atomic mass is 10.2. The van der Waals surface area contributed by atoms with E-state index in [0.717, 1.165) is 0 Å². The van der Waals surface area contributed by atoms with Crippen molar-refractivity contribution in [1.29, 1.82) is 0 Å². The van der Waals surface area contributed by atoms with E-state index in [1.165, 1.54) is 36.7 Å². The van der Waals surface area contributed by atoms with Crippen LogP contribution in [0.5, 0.6) is 0 Å². The molecule has 112 valence electrons. The number of nitrogens with zero attached hydrogens (tertiary/aromatic N) is 2. The van der Waals surface area contributed by atoms with Gasteiger partial charge in [-0.25, -0.2) is 4.98 Å². The van der Waals surface area contributed by atoms with Crippen LogP contribution in [-0.4, -0.2) is 28.5 Å². The van der Waals surface area contributed by atoms with Crippen LogP contribution >= 0.6 is 11.6 Å². The van der Waals surface area contributed by atoms with Gasteiger partial charge in [0, 0.05) is 6.20 Å². The fraction of sp³-hybridized carbons (Fsp3) is 0.231. The van der Waals surface area contributed by atoms with E-state index >= 15 is 0 Å². The predicted molar refractivity (Wildman–Crippen MR) is 68.8 cm³/mol. The van der Waals surface area contributed by atoms with Crippen LogP contribution in [0.15, 0.2) is 41.1 Å². The lowest BCUT2D eigenvalue weighted by Gasteiger charge is -2.23. The van der Waals surface area contributed by atoms with Gasteiger partial charge in [-0.2, -0.15) is 13.2 Å². The molecule has 0 N–H and O–H groups in total. The molecule has 8 heteroatoms. The van der Waals surface area contributed by atoms with Gasteiger partial charge in [-0.05, 0) is 24.3 Å². The number of amides is 1. The third-order valence-electron chi connectivity index (χ3n) is 2.57. The highest BCUT2D eigenvalue weighted by Crippen LogP contribution is 2.22. The summed E-state index contributed by atoms with van der Waals surface area (Å²) in [7, 11) is 0. The maximum absolute atomic E-state index is 12.6. The molecule has 0 unspecified atom stereocenters. The minimum absolute atomic E-state index is 0.0880. The summed E-state index contributed by atoms with van der Waals surface area (Å²) < 4.78 is 42.9.